The van der Waals surface area contributed by atoms with Crippen molar-refractivity contribution in [2.24, 2.45) is 11.1 Å². The van der Waals surface area contributed by atoms with Gasteiger partial charge in [0.1, 0.15) is 12.4 Å². The second-order valence-corrected chi connectivity index (χ2v) is 7.74. The Hall–Kier alpha value is -2.92. The van der Waals surface area contributed by atoms with E-state index in [0.29, 0.717) is 30.3 Å². The normalized spacial score (nSPS) is 15.9. The maximum absolute atomic E-state index is 12.5. The van der Waals surface area contributed by atoms with Gasteiger partial charge in [-0.1, -0.05) is 60.5 Å². The minimum Gasteiger partial charge on any atom is -0.489 e. The molecule has 148 valence electrons. The van der Waals surface area contributed by atoms with E-state index in [0.717, 1.165) is 23.3 Å². The van der Waals surface area contributed by atoms with Gasteiger partial charge in [-0.05, 0) is 36.1 Å². The van der Waals surface area contributed by atoms with Crippen LogP contribution in [0.4, 0.5) is 0 Å². The highest BCUT2D eigenvalue weighted by molar-refractivity contribution is 6.30. The molecule has 1 aliphatic carbocycles. The molecule has 1 aliphatic rings. The molecule has 0 saturated heterocycles. The summed E-state index contributed by atoms with van der Waals surface area (Å²) in [5.74, 6) is 0.0246. The number of primary amides is 1. The molecule has 5 nitrogen and oxygen atoms in total. The van der Waals surface area contributed by atoms with Gasteiger partial charge in [-0.3, -0.25) is 9.78 Å². The van der Waals surface area contributed by atoms with Crippen molar-refractivity contribution < 1.29 is 9.53 Å². The van der Waals surface area contributed by atoms with Crippen LogP contribution in [0, 0.1) is 5.41 Å². The van der Waals surface area contributed by atoms with E-state index >= 15 is 0 Å². The van der Waals surface area contributed by atoms with Crippen molar-refractivity contribution in [3.63, 3.8) is 0 Å². The number of aromatic nitrogens is 2. The molecule has 0 radical (unpaired) electrons. The van der Waals surface area contributed by atoms with Gasteiger partial charge in [-0.25, -0.2) is 4.98 Å². The molecule has 1 saturated carbocycles. The van der Waals surface area contributed by atoms with E-state index in [1.54, 1.807) is 12.4 Å². The van der Waals surface area contributed by atoms with E-state index in [9.17, 15) is 4.79 Å². The van der Waals surface area contributed by atoms with Gasteiger partial charge >= 0.3 is 0 Å². The fourth-order valence-corrected chi connectivity index (χ4v) is 4.24. The molecule has 2 N–H and O–H groups in total. The van der Waals surface area contributed by atoms with Crippen LogP contribution in [0.1, 0.15) is 42.0 Å². The number of nitrogens with two attached hydrogens (primary N) is 1. The van der Waals surface area contributed by atoms with Crippen LogP contribution < -0.4 is 10.5 Å². The zero-order valence-corrected chi connectivity index (χ0v) is 16.7. The van der Waals surface area contributed by atoms with Crippen LogP contribution in [0.25, 0.3) is 0 Å². The quantitative estimate of drug-likeness (QED) is 0.625. The van der Waals surface area contributed by atoms with Crippen molar-refractivity contribution in [2.45, 2.75) is 31.8 Å². The summed E-state index contributed by atoms with van der Waals surface area (Å²) < 4.78 is 5.99. The number of carbonyl (C=O) groups is 1. The highest BCUT2D eigenvalue weighted by atomic mass is 35.5. The Kier molecular flexibility index (Phi) is 5.49. The number of carbonyl (C=O) groups excluding carboxylic acids is 1. The molecule has 29 heavy (non-hydrogen) atoms. The van der Waals surface area contributed by atoms with Crippen LogP contribution in [-0.2, 0) is 11.4 Å². The lowest BCUT2D eigenvalue weighted by atomic mass is 9.58. The van der Waals surface area contributed by atoms with Gasteiger partial charge in [0.25, 0.3) is 0 Å². The first kappa shape index (κ1) is 19.4. The van der Waals surface area contributed by atoms with Crippen molar-refractivity contribution in [2.75, 3.05) is 0 Å². The molecule has 6 heteroatoms. The van der Waals surface area contributed by atoms with E-state index in [2.05, 4.69) is 9.97 Å². The Morgan fingerprint density at radius 1 is 1.10 bits per heavy atom. The number of nitrogens with zero attached hydrogens (tertiary/aromatic N) is 2. The van der Waals surface area contributed by atoms with Crippen molar-refractivity contribution in [1.29, 1.82) is 0 Å². The predicted molar refractivity (Wildman–Crippen MR) is 112 cm³/mol. The molecule has 1 heterocycles. The Morgan fingerprint density at radius 2 is 1.86 bits per heavy atom. The molecule has 0 aliphatic heterocycles. The lowest BCUT2D eigenvalue weighted by molar-refractivity contribution is -0.133. The first-order valence-corrected chi connectivity index (χ1v) is 10.0. The third kappa shape index (κ3) is 3.83. The van der Waals surface area contributed by atoms with E-state index in [1.807, 2.05) is 54.6 Å². The molecule has 1 atom stereocenters. The number of ether oxygens (including phenoxy) is 1. The molecule has 4 rings (SSSR count). The van der Waals surface area contributed by atoms with Crippen LogP contribution >= 0.6 is 11.6 Å². The summed E-state index contributed by atoms with van der Waals surface area (Å²) in [7, 11) is 0. The zero-order chi connectivity index (χ0) is 20.3. The maximum atomic E-state index is 12.5. The third-order valence-electron chi connectivity index (χ3n) is 5.68. The molecule has 0 spiro atoms. The average molecular weight is 408 g/mol. The molecule has 1 amide bonds. The van der Waals surface area contributed by atoms with Gasteiger partial charge in [0.05, 0.1) is 11.1 Å². The van der Waals surface area contributed by atoms with Crippen LogP contribution in [-0.4, -0.2) is 15.9 Å². The van der Waals surface area contributed by atoms with E-state index < -0.39 is 5.41 Å². The van der Waals surface area contributed by atoms with Gasteiger partial charge in [-0.2, -0.15) is 0 Å². The average Bonchev–Trinajstić information content (AvgIpc) is 2.70. The third-order valence-corrected chi connectivity index (χ3v) is 5.97. The van der Waals surface area contributed by atoms with Crippen LogP contribution in [0.15, 0.2) is 67.0 Å². The Bertz CT molecular complexity index is 1010. The largest absolute Gasteiger partial charge is 0.489 e. The van der Waals surface area contributed by atoms with E-state index in [1.165, 1.54) is 0 Å². The fraction of sp³-hybridized carbons (Fsp3) is 0.261. The number of halogens is 1. The van der Waals surface area contributed by atoms with E-state index in [-0.39, 0.29) is 11.8 Å². The predicted octanol–water partition coefficient (Wildman–Crippen LogP) is 4.50. The Labute approximate surface area is 174 Å². The summed E-state index contributed by atoms with van der Waals surface area (Å²) in [5, 5.41) is 0.292. The van der Waals surface area contributed by atoms with Crippen molar-refractivity contribution in [3.05, 3.63) is 89.0 Å². The summed E-state index contributed by atoms with van der Waals surface area (Å²) in [6.45, 7) is 0.460. The lowest BCUT2D eigenvalue weighted by Gasteiger charge is -2.45. The number of benzene rings is 2. The minimum absolute atomic E-state index is 0.292. The van der Waals surface area contributed by atoms with Gasteiger partial charge in [-0.15, -0.1) is 0 Å². The van der Waals surface area contributed by atoms with Gasteiger partial charge in [0, 0.05) is 18.3 Å². The number of hydrogen-bond donors (Lipinski definition) is 1. The van der Waals surface area contributed by atoms with Crippen LogP contribution in [0.2, 0.25) is 5.15 Å². The standard InChI is InChI=1S/C23H22ClN3O2/c24-21-20(26-12-13-27-21)19(23(22(25)28)10-5-11-23)17-8-4-9-18(14-17)29-15-16-6-2-1-3-7-16/h1-4,6-9,12-14,19H,5,10-11,15H2,(H2,25,28). The monoisotopic (exact) mass is 407 g/mol. The lowest BCUT2D eigenvalue weighted by Crippen LogP contribution is -2.48. The van der Waals surface area contributed by atoms with Crippen LogP contribution in [0.5, 0.6) is 5.75 Å². The Morgan fingerprint density at radius 3 is 2.52 bits per heavy atom. The number of amides is 1. The fourth-order valence-electron chi connectivity index (χ4n) is 4.02. The zero-order valence-electron chi connectivity index (χ0n) is 15.9. The summed E-state index contributed by atoms with van der Waals surface area (Å²) in [6, 6.07) is 17.7. The summed E-state index contributed by atoms with van der Waals surface area (Å²) >= 11 is 6.38. The first-order valence-electron chi connectivity index (χ1n) is 9.63. The molecule has 1 unspecified atom stereocenters. The van der Waals surface area contributed by atoms with Gasteiger partial charge in [0.15, 0.2) is 5.15 Å². The smallest absolute Gasteiger partial charge is 0.224 e. The van der Waals surface area contributed by atoms with Crippen molar-refractivity contribution in [1.82, 2.24) is 9.97 Å². The van der Waals surface area contributed by atoms with Crippen LogP contribution in [0.3, 0.4) is 0 Å². The molecule has 3 aromatic rings. The number of hydrogen-bond acceptors (Lipinski definition) is 4. The SMILES string of the molecule is NC(=O)C1(C(c2cccc(OCc3ccccc3)c2)c2nccnc2Cl)CCC1. The Balaban J connectivity index is 1.70. The number of rotatable bonds is 7. The summed E-state index contributed by atoms with van der Waals surface area (Å²) in [5.41, 5.74) is 7.72. The molecule has 2 aromatic carbocycles. The molecule has 0 bridgehead atoms. The summed E-state index contributed by atoms with van der Waals surface area (Å²) in [4.78, 5) is 21.1. The first-order chi connectivity index (χ1) is 14.1. The topological polar surface area (TPSA) is 78.1 Å². The molecule has 1 fully saturated rings. The van der Waals surface area contributed by atoms with Crippen molar-refractivity contribution >= 4 is 17.5 Å². The van der Waals surface area contributed by atoms with Crippen molar-refractivity contribution in [3.8, 4) is 5.75 Å². The molecular weight excluding hydrogens is 386 g/mol. The molecule has 1 aromatic heterocycles. The van der Waals surface area contributed by atoms with Gasteiger partial charge in [0.2, 0.25) is 5.91 Å². The second kappa shape index (κ2) is 8.21. The minimum atomic E-state index is -0.711. The highest BCUT2D eigenvalue weighted by Crippen LogP contribution is 2.54. The second-order valence-electron chi connectivity index (χ2n) is 7.39. The highest BCUT2D eigenvalue weighted by Gasteiger charge is 2.51. The van der Waals surface area contributed by atoms with Gasteiger partial charge < -0.3 is 10.5 Å². The van der Waals surface area contributed by atoms with E-state index in [4.69, 9.17) is 22.1 Å². The maximum Gasteiger partial charge on any atom is 0.224 e. The summed E-state index contributed by atoms with van der Waals surface area (Å²) in [6.07, 6.45) is 5.49. The molecular formula is C23H22ClN3O2.